The van der Waals surface area contributed by atoms with Gasteiger partial charge in [0, 0.05) is 24.5 Å². The van der Waals surface area contributed by atoms with Gasteiger partial charge in [0.25, 0.3) is 0 Å². The third-order valence-corrected chi connectivity index (χ3v) is 3.71. The summed E-state index contributed by atoms with van der Waals surface area (Å²) in [4.78, 5) is 11.9. The van der Waals surface area contributed by atoms with Crippen LogP contribution in [0.1, 0.15) is 38.3 Å². The Labute approximate surface area is 114 Å². The molecule has 2 rings (SSSR count). The Morgan fingerprint density at radius 1 is 1.63 bits per heavy atom. The monoisotopic (exact) mass is 265 g/mol. The van der Waals surface area contributed by atoms with Crippen LogP contribution < -0.4 is 5.32 Å². The molecule has 5 heteroatoms. The standard InChI is InChI=1S/C14H23N3O2/c1-11-7-9-15-17(11)10-4-8-14(2,13(18)19-3)16-12-5-6-12/h7,9,12,16H,4-6,8,10H2,1-3H3. The lowest BCUT2D eigenvalue weighted by Gasteiger charge is -2.28. The Bertz CT molecular complexity index is 440. The van der Waals surface area contributed by atoms with E-state index in [4.69, 9.17) is 4.74 Å². The minimum atomic E-state index is -0.572. The van der Waals surface area contributed by atoms with E-state index < -0.39 is 5.54 Å². The van der Waals surface area contributed by atoms with Crippen molar-refractivity contribution in [2.24, 2.45) is 0 Å². The maximum Gasteiger partial charge on any atom is 0.325 e. The van der Waals surface area contributed by atoms with Crippen LogP contribution in [0.3, 0.4) is 0 Å². The quantitative estimate of drug-likeness (QED) is 0.762. The van der Waals surface area contributed by atoms with Gasteiger partial charge in [-0.1, -0.05) is 0 Å². The van der Waals surface area contributed by atoms with Crippen molar-refractivity contribution in [2.75, 3.05) is 7.11 Å². The minimum absolute atomic E-state index is 0.170. The summed E-state index contributed by atoms with van der Waals surface area (Å²) in [7, 11) is 1.45. The van der Waals surface area contributed by atoms with Crippen molar-refractivity contribution in [1.82, 2.24) is 15.1 Å². The van der Waals surface area contributed by atoms with E-state index in [2.05, 4.69) is 10.4 Å². The predicted octanol–water partition coefficient (Wildman–Crippen LogP) is 1.66. The summed E-state index contributed by atoms with van der Waals surface area (Å²) in [6, 6.07) is 2.47. The lowest BCUT2D eigenvalue weighted by atomic mass is 9.95. The van der Waals surface area contributed by atoms with Gasteiger partial charge in [-0.25, -0.2) is 0 Å². The van der Waals surface area contributed by atoms with E-state index in [1.54, 1.807) is 6.20 Å². The second-order valence-corrected chi connectivity index (χ2v) is 5.54. The maximum absolute atomic E-state index is 11.9. The number of aryl methyl sites for hydroxylation is 2. The summed E-state index contributed by atoms with van der Waals surface area (Å²) >= 11 is 0. The number of ether oxygens (including phenoxy) is 1. The molecule has 0 radical (unpaired) electrons. The number of nitrogens with one attached hydrogen (secondary N) is 1. The second kappa shape index (κ2) is 5.74. The van der Waals surface area contributed by atoms with Crippen LogP contribution in [0.4, 0.5) is 0 Å². The van der Waals surface area contributed by atoms with E-state index >= 15 is 0 Å². The molecular formula is C14H23N3O2. The molecule has 0 bridgehead atoms. The highest BCUT2D eigenvalue weighted by atomic mass is 16.5. The second-order valence-electron chi connectivity index (χ2n) is 5.54. The van der Waals surface area contributed by atoms with Gasteiger partial charge in [0.05, 0.1) is 7.11 Å². The molecule has 1 fully saturated rings. The zero-order valence-electron chi connectivity index (χ0n) is 12.0. The first-order valence-electron chi connectivity index (χ1n) is 6.90. The fraction of sp³-hybridized carbons (Fsp3) is 0.714. The highest BCUT2D eigenvalue weighted by Gasteiger charge is 2.38. The third-order valence-electron chi connectivity index (χ3n) is 3.71. The SMILES string of the molecule is COC(=O)C(C)(CCCn1nccc1C)NC1CC1. The maximum atomic E-state index is 11.9. The molecule has 1 heterocycles. The van der Waals surface area contributed by atoms with Crippen LogP contribution in [0.25, 0.3) is 0 Å². The van der Waals surface area contributed by atoms with Crippen LogP contribution in [0.5, 0.6) is 0 Å². The molecule has 0 spiro atoms. The van der Waals surface area contributed by atoms with Crippen LogP contribution in [0, 0.1) is 6.92 Å². The molecule has 0 saturated heterocycles. The van der Waals surface area contributed by atoms with Gasteiger partial charge < -0.3 is 4.74 Å². The molecular weight excluding hydrogens is 242 g/mol. The normalized spacial score (nSPS) is 18.1. The molecule has 1 aliphatic carbocycles. The fourth-order valence-corrected chi connectivity index (χ4v) is 2.35. The molecule has 1 aliphatic rings. The number of rotatable bonds is 7. The average molecular weight is 265 g/mol. The van der Waals surface area contributed by atoms with E-state index in [-0.39, 0.29) is 5.97 Å². The number of esters is 1. The van der Waals surface area contributed by atoms with Crippen LogP contribution in [-0.2, 0) is 16.1 Å². The summed E-state index contributed by atoms with van der Waals surface area (Å²) < 4.78 is 6.90. The molecule has 1 aromatic rings. The van der Waals surface area contributed by atoms with Crippen molar-refractivity contribution in [3.8, 4) is 0 Å². The van der Waals surface area contributed by atoms with Crippen molar-refractivity contribution < 1.29 is 9.53 Å². The first kappa shape index (κ1) is 14.1. The summed E-state index contributed by atoms with van der Waals surface area (Å²) in [6.45, 7) is 4.81. The summed E-state index contributed by atoms with van der Waals surface area (Å²) in [6.07, 6.45) is 5.77. The van der Waals surface area contributed by atoms with E-state index in [1.165, 1.54) is 7.11 Å². The smallest absolute Gasteiger partial charge is 0.325 e. The Hall–Kier alpha value is -1.36. The summed E-state index contributed by atoms with van der Waals surface area (Å²) in [5.41, 5.74) is 0.576. The number of hydrogen-bond acceptors (Lipinski definition) is 4. The highest BCUT2D eigenvalue weighted by Crippen LogP contribution is 2.25. The largest absolute Gasteiger partial charge is 0.468 e. The van der Waals surface area contributed by atoms with E-state index in [9.17, 15) is 4.79 Å². The molecule has 1 aromatic heterocycles. The molecule has 106 valence electrons. The zero-order valence-corrected chi connectivity index (χ0v) is 12.0. The van der Waals surface area contributed by atoms with Crippen molar-refractivity contribution in [3.63, 3.8) is 0 Å². The van der Waals surface area contributed by atoms with E-state index in [0.29, 0.717) is 6.04 Å². The number of hydrogen-bond donors (Lipinski definition) is 1. The molecule has 0 amide bonds. The first-order chi connectivity index (χ1) is 9.05. The number of nitrogens with zero attached hydrogens (tertiary/aromatic N) is 2. The molecule has 1 unspecified atom stereocenters. The first-order valence-corrected chi connectivity index (χ1v) is 6.90. The molecule has 0 aliphatic heterocycles. The van der Waals surface area contributed by atoms with Crippen LogP contribution in [0.2, 0.25) is 0 Å². The lowest BCUT2D eigenvalue weighted by Crippen LogP contribution is -2.51. The molecule has 1 N–H and O–H groups in total. The molecule has 1 saturated carbocycles. The van der Waals surface area contributed by atoms with Gasteiger partial charge in [0.15, 0.2) is 0 Å². The van der Waals surface area contributed by atoms with Gasteiger partial charge in [-0.05, 0) is 45.6 Å². The van der Waals surface area contributed by atoms with Crippen LogP contribution >= 0.6 is 0 Å². The number of aromatic nitrogens is 2. The summed E-state index contributed by atoms with van der Waals surface area (Å²) in [5, 5.41) is 7.66. The minimum Gasteiger partial charge on any atom is -0.468 e. The van der Waals surface area contributed by atoms with Gasteiger partial charge >= 0.3 is 5.97 Å². The van der Waals surface area contributed by atoms with E-state index in [0.717, 1.165) is 37.9 Å². The topological polar surface area (TPSA) is 56.2 Å². The van der Waals surface area contributed by atoms with Gasteiger partial charge in [-0.3, -0.25) is 14.8 Å². The third kappa shape index (κ3) is 3.56. The molecule has 0 aromatic carbocycles. The number of carbonyl (C=O) groups is 1. The zero-order chi connectivity index (χ0) is 13.9. The molecule has 5 nitrogen and oxygen atoms in total. The van der Waals surface area contributed by atoms with Crippen molar-refractivity contribution in [1.29, 1.82) is 0 Å². The van der Waals surface area contributed by atoms with Crippen LogP contribution in [-0.4, -0.2) is 34.4 Å². The Balaban J connectivity index is 1.88. The predicted molar refractivity (Wildman–Crippen MR) is 72.8 cm³/mol. The Kier molecular flexibility index (Phi) is 4.24. The number of methoxy groups -OCH3 is 1. The molecule has 19 heavy (non-hydrogen) atoms. The lowest BCUT2D eigenvalue weighted by molar-refractivity contribution is -0.148. The van der Waals surface area contributed by atoms with Gasteiger partial charge in [0.1, 0.15) is 5.54 Å². The molecule has 1 atom stereocenters. The van der Waals surface area contributed by atoms with Crippen LogP contribution in [0.15, 0.2) is 12.3 Å². The number of carbonyl (C=O) groups excluding carboxylic acids is 1. The van der Waals surface area contributed by atoms with E-state index in [1.807, 2.05) is 24.6 Å². The van der Waals surface area contributed by atoms with Gasteiger partial charge in [-0.15, -0.1) is 0 Å². The van der Waals surface area contributed by atoms with Crippen molar-refractivity contribution in [3.05, 3.63) is 18.0 Å². The van der Waals surface area contributed by atoms with Gasteiger partial charge in [-0.2, -0.15) is 5.10 Å². The Morgan fingerprint density at radius 3 is 2.89 bits per heavy atom. The fourth-order valence-electron chi connectivity index (χ4n) is 2.35. The Morgan fingerprint density at radius 2 is 2.37 bits per heavy atom. The average Bonchev–Trinajstić information content (AvgIpc) is 3.10. The van der Waals surface area contributed by atoms with Gasteiger partial charge in [0.2, 0.25) is 0 Å². The van der Waals surface area contributed by atoms with Crippen molar-refractivity contribution >= 4 is 5.97 Å². The highest BCUT2D eigenvalue weighted by molar-refractivity contribution is 5.80. The van der Waals surface area contributed by atoms with Crippen molar-refractivity contribution in [2.45, 2.75) is 57.7 Å². The summed E-state index contributed by atoms with van der Waals surface area (Å²) in [5.74, 6) is -0.170.